The van der Waals surface area contributed by atoms with E-state index in [2.05, 4.69) is 41.0 Å². The molecule has 2 saturated carbocycles. The largest absolute Gasteiger partial charge is 0.443 e. The maximum absolute atomic E-state index is 12.8. The van der Waals surface area contributed by atoms with Crippen molar-refractivity contribution in [2.24, 2.45) is 5.92 Å². The van der Waals surface area contributed by atoms with Crippen molar-refractivity contribution in [1.82, 2.24) is 14.2 Å². The van der Waals surface area contributed by atoms with Gasteiger partial charge in [0.1, 0.15) is 23.4 Å². The molecule has 4 aliphatic rings. The molecule has 1 spiro atoms. The number of carbonyl (C=O) groups is 2. The van der Waals surface area contributed by atoms with Gasteiger partial charge in [-0.1, -0.05) is 11.6 Å². The average Bonchev–Trinajstić information content (AvgIpc) is 3.72. The number of epoxide rings is 2. The number of amides is 2. The minimum absolute atomic E-state index is 0.00141. The Hall–Kier alpha value is -0.950. The molecule has 198 valence electrons. The first-order valence-electron chi connectivity index (χ1n) is 12.8. The van der Waals surface area contributed by atoms with Gasteiger partial charge in [-0.25, -0.2) is 4.79 Å². The fourth-order valence-electron chi connectivity index (χ4n) is 6.13. The third-order valence-electron chi connectivity index (χ3n) is 8.14. The summed E-state index contributed by atoms with van der Waals surface area (Å²) in [5.74, 6) is 0.0136. The molecule has 2 amide bonds. The fourth-order valence-corrected chi connectivity index (χ4v) is 6.48. The van der Waals surface area contributed by atoms with Gasteiger partial charge in [0.2, 0.25) is 5.91 Å². The molecule has 2 heterocycles. The van der Waals surface area contributed by atoms with Crippen molar-refractivity contribution < 1.29 is 28.5 Å². The lowest BCUT2D eigenvalue weighted by atomic mass is 9.68. The molecule has 0 radical (unpaired) electrons. The molecule has 3 unspecified atom stereocenters. The molecular weight excluding hydrogens is 565 g/mol. The first-order chi connectivity index (χ1) is 16.7. The number of hydrogen-bond acceptors (Lipinski definition) is 7. The number of carbonyl (C=O) groups excluding carboxylic acids is 2. The Bertz CT molecular complexity index is 809. The van der Waals surface area contributed by atoms with Gasteiger partial charge in [0.15, 0.2) is 0 Å². The van der Waals surface area contributed by atoms with Gasteiger partial charge in [-0.05, 0) is 65.7 Å². The zero-order chi connectivity index (χ0) is 25.2. The third-order valence-corrected chi connectivity index (χ3v) is 8.52. The zero-order valence-corrected chi connectivity index (χ0v) is 23.4. The number of alkyl carbamates (subject to hydrolysis) is 1. The van der Waals surface area contributed by atoms with Crippen LogP contribution in [0.15, 0.2) is 11.6 Å². The molecule has 35 heavy (non-hydrogen) atoms. The second kappa shape index (κ2) is 11.2. The Labute approximate surface area is 222 Å². The predicted molar refractivity (Wildman–Crippen MR) is 139 cm³/mol. The summed E-state index contributed by atoms with van der Waals surface area (Å²) >= 11 is 1.96. The summed E-state index contributed by atoms with van der Waals surface area (Å²) in [6.07, 6.45) is 7.03. The molecule has 0 aromatic rings. The van der Waals surface area contributed by atoms with Crippen LogP contribution in [0.25, 0.3) is 0 Å². The molecule has 0 aromatic carbocycles. The van der Waals surface area contributed by atoms with Crippen LogP contribution in [0, 0.1) is 5.92 Å². The number of nitrogens with one attached hydrogen (secondary N) is 3. The standard InChI is InChI=1S/C25H40IN3O6/c1-15(2)5-10-19-24(3,35-19)22-21(32-4)18(11-12-25(22)14-33-25)34-23(31)29-17-8-6-16(7-9-17)28-20(30)13-27-26/h5,16-19,21-22,27H,6-14H2,1-4H3,(H,28,30)(H,29,31)/t16-,17-,18?,19-,21?,22?,24+,25+/m1/s1. The highest BCUT2D eigenvalue weighted by Crippen LogP contribution is 2.59. The van der Waals surface area contributed by atoms with E-state index in [-0.39, 0.29) is 53.4 Å². The Kier molecular flexibility index (Phi) is 8.67. The topological polar surface area (TPSA) is 114 Å². The summed E-state index contributed by atoms with van der Waals surface area (Å²) in [7, 11) is 1.69. The quantitative estimate of drug-likeness (QED) is 0.160. The van der Waals surface area contributed by atoms with Crippen LogP contribution in [0.2, 0.25) is 0 Å². The van der Waals surface area contributed by atoms with Crippen LogP contribution in [-0.4, -0.2) is 73.9 Å². The summed E-state index contributed by atoms with van der Waals surface area (Å²) in [6, 6.07) is 0.209. The van der Waals surface area contributed by atoms with Crippen LogP contribution in [0.3, 0.4) is 0 Å². The van der Waals surface area contributed by atoms with Crippen LogP contribution < -0.4 is 14.2 Å². The Morgan fingerprint density at radius 1 is 1.11 bits per heavy atom. The molecule has 0 aromatic heterocycles. The number of allylic oxidation sites excluding steroid dienone is 1. The molecule has 10 heteroatoms. The van der Waals surface area contributed by atoms with Gasteiger partial charge < -0.3 is 29.6 Å². The monoisotopic (exact) mass is 605 g/mol. The normalized spacial score (nSPS) is 40.0. The van der Waals surface area contributed by atoms with Gasteiger partial charge in [-0.2, -0.15) is 0 Å². The van der Waals surface area contributed by atoms with E-state index >= 15 is 0 Å². The van der Waals surface area contributed by atoms with Crippen molar-refractivity contribution in [1.29, 1.82) is 0 Å². The molecule has 2 aliphatic heterocycles. The van der Waals surface area contributed by atoms with Crippen LogP contribution in [-0.2, 0) is 23.7 Å². The van der Waals surface area contributed by atoms with E-state index in [0.29, 0.717) is 19.6 Å². The lowest BCUT2D eigenvalue weighted by molar-refractivity contribution is -0.120. The summed E-state index contributed by atoms with van der Waals surface area (Å²) in [5, 5.41) is 6.08. The maximum atomic E-state index is 12.8. The highest BCUT2D eigenvalue weighted by molar-refractivity contribution is 14.1. The minimum atomic E-state index is -0.395. The lowest BCUT2D eigenvalue weighted by Crippen LogP contribution is -2.56. The van der Waals surface area contributed by atoms with E-state index in [9.17, 15) is 9.59 Å². The molecule has 0 bridgehead atoms. The number of halogens is 1. The van der Waals surface area contributed by atoms with E-state index < -0.39 is 6.09 Å². The number of rotatable bonds is 9. The minimum Gasteiger partial charge on any atom is -0.443 e. The molecule has 4 rings (SSSR count). The van der Waals surface area contributed by atoms with Crippen LogP contribution in [0.1, 0.15) is 65.7 Å². The number of ether oxygens (including phenoxy) is 4. The molecule has 9 nitrogen and oxygen atoms in total. The number of hydrogen-bond donors (Lipinski definition) is 3. The lowest BCUT2D eigenvalue weighted by Gasteiger charge is -2.42. The molecule has 3 N–H and O–H groups in total. The highest BCUT2D eigenvalue weighted by atomic mass is 127. The average molecular weight is 606 g/mol. The highest BCUT2D eigenvalue weighted by Gasteiger charge is 2.72. The second-order valence-electron chi connectivity index (χ2n) is 10.9. The fraction of sp³-hybridized carbons (Fsp3) is 0.840. The van der Waals surface area contributed by atoms with Gasteiger partial charge in [0, 0.05) is 42.1 Å². The van der Waals surface area contributed by atoms with Gasteiger partial charge in [0.05, 0.1) is 25.2 Å². The smallest absolute Gasteiger partial charge is 0.407 e. The molecule has 4 fully saturated rings. The van der Waals surface area contributed by atoms with Crippen molar-refractivity contribution >= 4 is 34.9 Å². The molecule has 2 saturated heterocycles. The Morgan fingerprint density at radius 3 is 2.34 bits per heavy atom. The van der Waals surface area contributed by atoms with Crippen LogP contribution >= 0.6 is 22.9 Å². The van der Waals surface area contributed by atoms with E-state index in [4.69, 9.17) is 18.9 Å². The van der Waals surface area contributed by atoms with Crippen molar-refractivity contribution in [2.75, 3.05) is 20.3 Å². The van der Waals surface area contributed by atoms with Gasteiger partial charge in [-0.15, -0.1) is 0 Å². The third kappa shape index (κ3) is 6.31. The first-order valence-corrected chi connectivity index (χ1v) is 13.9. The molecule has 2 aliphatic carbocycles. The second-order valence-corrected chi connectivity index (χ2v) is 11.7. The van der Waals surface area contributed by atoms with E-state index in [1.165, 1.54) is 5.57 Å². The van der Waals surface area contributed by atoms with E-state index in [1.54, 1.807) is 7.11 Å². The van der Waals surface area contributed by atoms with Crippen molar-refractivity contribution in [3.8, 4) is 0 Å². The van der Waals surface area contributed by atoms with Gasteiger partial charge in [0.25, 0.3) is 0 Å². The predicted octanol–water partition coefficient (Wildman–Crippen LogP) is 3.16. The SMILES string of the molecule is COC1C(OC(=O)N[C@H]2CC[C@H](NC(=O)CNI)CC2)CC[C@]2(CO2)C1[C@@]1(C)O[C@@H]1CC=C(C)C. The number of methoxy groups -OCH3 is 1. The first kappa shape index (κ1) is 27.1. The zero-order valence-electron chi connectivity index (χ0n) is 21.2. The molecule has 6 atom stereocenters. The summed E-state index contributed by atoms with van der Waals surface area (Å²) < 4.78 is 27.0. The Morgan fingerprint density at radius 2 is 1.77 bits per heavy atom. The van der Waals surface area contributed by atoms with Crippen LogP contribution in [0.5, 0.6) is 0 Å². The molecular formula is C25H40IN3O6. The van der Waals surface area contributed by atoms with Gasteiger partial charge in [-0.3, -0.25) is 8.32 Å². The summed E-state index contributed by atoms with van der Waals surface area (Å²) in [5.41, 5.74) is 0.692. The van der Waals surface area contributed by atoms with Crippen molar-refractivity contribution in [3.05, 3.63) is 11.6 Å². The summed E-state index contributed by atoms with van der Waals surface area (Å²) in [4.78, 5) is 24.6. The Balaban J connectivity index is 1.30. The van der Waals surface area contributed by atoms with E-state index in [1.807, 2.05) is 22.9 Å². The van der Waals surface area contributed by atoms with Crippen molar-refractivity contribution in [3.63, 3.8) is 0 Å². The van der Waals surface area contributed by atoms with E-state index in [0.717, 1.165) is 38.5 Å². The summed E-state index contributed by atoms with van der Waals surface area (Å²) in [6.45, 7) is 7.35. The van der Waals surface area contributed by atoms with Gasteiger partial charge >= 0.3 is 6.09 Å². The van der Waals surface area contributed by atoms with Crippen molar-refractivity contribution in [2.45, 2.75) is 107 Å². The van der Waals surface area contributed by atoms with Crippen LogP contribution in [0.4, 0.5) is 4.79 Å². The maximum Gasteiger partial charge on any atom is 0.407 e.